The molecule has 2 amide bonds. The lowest BCUT2D eigenvalue weighted by Gasteiger charge is -2.37. The van der Waals surface area contributed by atoms with E-state index in [0.717, 1.165) is 12.8 Å². The number of aliphatic carboxylic acids is 1. The smallest absolute Gasteiger partial charge is 0.345 e. The van der Waals surface area contributed by atoms with E-state index in [1.54, 1.807) is 47.4 Å². The van der Waals surface area contributed by atoms with E-state index in [2.05, 4.69) is 10.3 Å². The summed E-state index contributed by atoms with van der Waals surface area (Å²) in [4.78, 5) is 56.4. The van der Waals surface area contributed by atoms with Crippen LogP contribution in [0.25, 0.3) is 10.9 Å². The summed E-state index contributed by atoms with van der Waals surface area (Å²) in [5.74, 6) is -1.16. The molecule has 0 saturated carbocycles. The third kappa shape index (κ3) is 7.96. The topological polar surface area (TPSA) is 193 Å². The average Bonchev–Trinajstić information content (AvgIpc) is 3.17. The molecule has 52 heavy (non-hydrogen) atoms. The van der Waals surface area contributed by atoms with E-state index in [1.165, 1.54) is 36.4 Å². The monoisotopic (exact) mass is 712 g/mol. The Morgan fingerprint density at radius 3 is 2.29 bits per heavy atom. The second kappa shape index (κ2) is 16.0. The van der Waals surface area contributed by atoms with Gasteiger partial charge < -0.3 is 45.3 Å². The molecule has 3 aromatic carbocycles. The molecule has 4 aromatic rings. The number of H-pyrrole nitrogens is 1. The first-order chi connectivity index (χ1) is 25.0. The Bertz CT molecular complexity index is 1950. The molecular formula is C39H44N4O9. The molecule has 13 heteroatoms. The minimum absolute atomic E-state index is 0.0542. The molecule has 2 atom stereocenters. The summed E-state index contributed by atoms with van der Waals surface area (Å²) in [6.45, 7) is 2.89. The van der Waals surface area contributed by atoms with Crippen molar-refractivity contribution in [1.29, 1.82) is 0 Å². The molecule has 2 aliphatic heterocycles. The molecule has 0 aliphatic carbocycles. The lowest BCUT2D eigenvalue weighted by atomic mass is 9.86. The summed E-state index contributed by atoms with van der Waals surface area (Å²) in [7, 11) is 0. The highest BCUT2D eigenvalue weighted by Gasteiger charge is 2.40. The number of carboxylic acid groups (broad SMARTS) is 1. The molecule has 0 radical (unpaired) electrons. The highest BCUT2D eigenvalue weighted by molar-refractivity contribution is 5.87. The van der Waals surface area contributed by atoms with E-state index in [4.69, 9.17) is 4.74 Å². The van der Waals surface area contributed by atoms with Crippen LogP contribution in [0.3, 0.4) is 0 Å². The van der Waals surface area contributed by atoms with Crippen LogP contribution in [0.15, 0.2) is 83.7 Å². The summed E-state index contributed by atoms with van der Waals surface area (Å²) in [6.07, 6.45) is 1.95. The number of piperidine rings is 2. The van der Waals surface area contributed by atoms with Crippen LogP contribution in [-0.4, -0.2) is 98.9 Å². The number of nitrogens with zero attached hydrogens (tertiary/aromatic N) is 2. The predicted molar refractivity (Wildman–Crippen MR) is 192 cm³/mol. The number of ether oxygens (including phenoxy) is 1. The molecule has 6 N–H and O–H groups in total. The number of fused-ring (bicyclic) bond motifs is 1. The normalized spacial score (nSPS) is 17.4. The Morgan fingerprint density at radius 2 is 1.58 bits per heavy atom. The number of aromatic nitrogens is 1. The SMILES string of the molecule is O=C(COc1cccc([C@](O)(C(=O)O)c2ccccc2)c1)N1CCC(C(=O)N2CCC(CNC[C@H](O)c3ccc(O)c4[nH]c(=O)ccc34)CC2)CC1. The number of aliphatic hydroxyl groups excluding tert-OH is 1. The second-order valence-corrected chi connectivity index (χ2v) is 13.6. The van der Waals surface area contributed by atoms with Gasteiger partial charge in [0.2, 0.25) is 17.1 Å². The number of phenolic OH excluding ortho intramolecular Hbond substituents is 1. The van der Waals surface area contributed by atoms with Crippen LogP contribution >= 0.6 is 0 Å². The van der Waals surface area contributed by atoms with Crippen molar-refractivity contribution >= 4 is 28.7 Å². The van der Waals surface area contributed by atoms with E-state index >= 15 is 0 Å². The Kier molecular flexibility index (Phi) is 11.2. The van der Waals surface area contributed by atoms with Crippen LogP contribution in [0.2, 0.25) is 0 Å². The third-order valence-electron chi connectivity index (χ3n) is 10.3. The maximum atomic E-state index is 13.4. The van der Waals surface area contributed by atoms with E-state index in [9.17, 15) is 39.6 Å². The Labute approximate surface area is 300 Å². The number of aromatic hydroxyl groups is 1. The summed E-state index contributed by atoms with van der Waals surface area (Å²) < 4.78 is 5.73. The van der Waals surface area contributed by atoms with Crippen LogP contribution in [0.1, 0.15) is 48.5 Å². The number of benzene rings is 3. The van der Waals surface area contributed by atoms with Crippen molar-refractivity contribution in [3.05, 3.63) is 106 Å². The van der Waals surface area contributed by atoms with E-state index < -0.39 is 17.7 Å². The average molecular weight is 713 g/mol. The van der Waals surface area contributed by atoms with E-state index in [1.807, 2.05) is 4.90 Å². The number of aliphatic hydroxyl groups is 2. The number of phenols is 1. The van der Waals surface area contributed by atoms with Crippen molar-refractivity contribution < 1.29 is 39.5 Å². The number of amides is 2. The molecule has 13 nitrogen and oxygen atoms in total. The van der Waals surface area contributed by atoms with Gasteiger partial charge in [-0.25, -0.2) is 4.79 Å². The van der Waals surface area contributed by atoms with Crippen LogP contribution in [0.5, 0.6) is 11.5 Å². The minimum Gasteiger partial charge on any atom is -0.506 e. The zero-order valence-electron chi connectivity index (χ0n) is 28.7. The fourth-order valence-corrected chi connectivity index (χ4v) is 7.22. The number of nitrogens with one attached hydrogen (secondary N) is 2. The zero-order valence-corrected chi connectivity index (χ0v) is 28.7. The molecule has 2 fully saturated rings. The summed E-state index contributed by atoms with van der Waals surface area (Å²) in [6, 6.07) is 20.2. The molecule has 0 spiro atoms. The van der Waals surface area contributed by atoms with Gasteiger partial charge in [0, 0.05) is 55.7 Å². The van der Waals surface area contributed by atoms with Crippen molar-refractivity contribution in [1.82, 2.24) is 20.1 Å². The molecule has 1 aromatic heterocycles. The molecule has 0 bridgehead atoms. The van der Waals surface area contributed by atoms with Gasteiger partial charge in [-0.15, -0.1) is 0 Å². The van der Waals surface area contributed by atoms with Gasteiger partial charge in [0.25, 0.3) is 5.91 Å². The van der Waals surface area contributed by atoms with E-state index in [0.29, 0.717) is 74.5 Å². The lowest BCUT2D eigenvalue weighted by Crippen LogP contribution is -2.48. The Balaban J connectivity index is 0.921. The number of pyridine rings is 1. The quantitative estimate of drug-likeness (QED) is 0.127. The number of carboxylic acids is 1. The predicted octanol–water partition coefficient (Wildman–Crippen LogP) is 2.73. The number of hydrogen-bond acceptors (Lipinski definition) is 9. The highest BCUT2D eigenvalue weighted by Crippen LogP contribution is 2.33. The van der Waals surface area contributed by atoms with Crippen molar-refractivity contribution in [2.75, 3.05) is 45.9 Å². The van der Waals surface area contributed by atoms with Gasteiger partial charge in [-0.1, -0.05) is 48.5 Å². The third-order valence-corrected chi connectivity index (χ3v) is 10.3. The van der Waals surface area contributed by atoms with Crippen molar-refractivity contribution in [2.24, 2.45) is 11.8 Å². The molecule has 3 heterocycles. The minimum atomic E-state index is -2.29. The fourth-order valence-electron chi connectivity index (χ4n) is 7.22. The van der Waals surface area contributed by atoms with Crippen LogP contribution < -0.4 is 15.6 Å². The lowest BCUT2D eigenvalue weighted by molar-refractivity contribution is -0.155. The van der Waals surface area contributed by atoms with Gasteiger partial charge >= 0.3 is 5.97 Å². The molecule has 274 valence electrons. The maximum absolute atomic E-state index is 13.4. The van der Waals surface area contributed by atoms with Gasteiger partial charge in [-0.3, -0.25) is 14.4 Å². The van der Waals surface area contributed by atoms with Gasteiger partial charge in [0.15, 0.2) is 6.61 Å². The number of aromatic amines is 1. The van der Waals surface area contributed by atoms with E-state index in [-0.39, 0.29) is 52.5 Å². The molecule has 6 rings (SSSR count). The first-order valence-electron chi connectivity index (χ1n) is 17.6. The largest absolute Gasteiger partial charge is 0.506 e. The summed E-state index contributed by atoms with van der Waals surface area (Å²) in [5.41, 5.74) is -1.41. The maximum Gasteiger partial charge on any atom is 0.345 e. The van der Waals surface area contributed by atoms with Crippen molar-refractivity contribution in [2.45, 2.75) is 37.4 Å². The molecular weight excluding hydrogens is 668 g/mol. The molecule has 0 unspecified atom stereocenters. The second-order valence-electron chi connectivity index (χ2n) is 13.6. The van der Waals surface area contributed by atoms with Crippen molar-refractivity contribution in [3.63, 3.8) is 0 Å². The first kappa shape index (κ1) is 36.5. The molecule has 2 aliphatic rings. The van der Waals surface area contributed by atoms with Gasteiger partial charge in [-0.2, -0.15) is 0 Å². The summed E-state index contributed by atoms with van der Waals surface area (Å²) in [5, 5.41) is 45.9. The van der Waals surface area contributed by atoms with Crippen LogP contribution in [0.4, 0.5) is 0 Å². The van der Waals surface area contributed by atoms with Crippen LogP contribution in [0, 0.1) is 11.8 Å². The molecule has 2 saturated heterocycles. The summed E-state index contributed by atoms with van der Waals surface area (Å²) >= 11 is 0. The number of likely N-dealkylation sites (tertiary alicyclic amines) is 2. The number of carbonyl (C=O) groups is 3. The van der Waals surface area contributed by atoms with Gasteiger partial charge in [0.1, 0.15) is 11.5 Å². The van der Waals surface area contributed by atoms with Gasteiger partial charge in [-0.05, 0) is 73.5 Å². The zero-order chi connectivity index (χ0) is 36.8. The Morgan fingerprint density at radius 1 is 0.885 bits per heavy atom. The number of hydrogen-bond donors (Lipinski definition) is 6. The van der Waals surface area contributed by atoms with Crippen molar-refractivity contribution in [3.8, 4) is 11.5 Å². The highest BCUT2D eigenvalue weighted by atomic mass is 16.5. The number of rotatable bonds is 12. The van der Waals surface area contributed by atoms with Gasteiger partial charge in [0.05, 0.1) is 11.6 Å². The number of carbonyl (C=O) groups excluding carboxylic acids is 2. The first-order valence-corrected chi connectivity index (χ1v) is 17.6. The van der Waals surface area contributed by atoms with Crippen LogP contribution in [-0.2, 0) is 20.0 Å². The Hall–Kier alpha value is -5.24. The standard InChI is InChI=1S/C39H44N4O9/c44-32-11-9-30(31-10-12-34(46)41-36(31)32)33(45)23-40-22-25-13-17-43(18-14-25)37(48)26-15-19-42(20-16-26)35(47)24-52-29-8-4-7-28(21-29)39(51,38(49)50)27-5-2-1-3-6-27/h1-12,21,25-26,33,40,44-45,51H,13-20,22-24H2,(H,41,46)(H,49,50)/t33-,39-/m0/s1. The fraction of sp³-hybridized carbons (Fsp3) is 0.385.